The molecule has 4 atom stereocenters. The van der Waals surface area contributed by atoms with E-state index in [9.17, 15) is 33.6 Å². The van der Waals surface area contributed by atoms with Crippen LogP contribution in [0.5, 0.6) is 0 Å². The van der Waals surface area contributed by atoms with Crippen molar-refractivity contribution in [3.05, 3.63) is 29.8 Å². The third-order valence-corrected chi connectivity index (χ3v) is 6.58. The number of para-hydroxylation sites is 1. The lowest BCUT2D eigenvalue weighted by atomic mass is 9.86. The Morgan fingerprint density at radius 2 is 1.74 bits per heavy atom. The van der Waals surface area contributed by atoms with Gasteiger partial charge in [-0.15, -0.1) is 0 Å². The van der Waals surface area contributed by atoms with Crippen LogP contribution in [0.2, 0.25) is 0 Å². The molecule has 0 saturated heterocycles. The number of nitrogens with zero attached hydrogens (tertiary/aromatic N) is 1. The van der Waals surface area contributed by atoms with Crippen LogP contribution in [0.25, 0.3) is 0 Å². The Hall–Kier alpha value is -4.09. The molecule has 0 spiro atoms. The van der Waals surface area contributed by atoms with Gasteiger partial charge < -0.3 is 25.6 Å². The minimum absolute atomic E-state index is 0.133. The van der Waals surface area contributed by atoms with E-state index in [4.69, 9.17) is 10.2 Å². The first-order valence-corrected chi connectivity index (χ1v) is 12.4. The molecule has 12 nitrogen and oxygen atoms in total. The van der Waals surface area contributed by atoms with Crippen molar-refractivity contribution in [1.29, 1.82) is 0 Å². The highest BCUT2D eigenvalue weighted by molar-refractivity contribution is 6.05. The Bertz CT molecular complexity index is 1090. The quantitative estimate of drug-likeness (QED) is 0.236. The molecular weight excluding hydrogens is 498 g/mol. The standard InChI is InChI=1S/C26H33N3O9/c1-3-15(2)19(12-18(31)8-9-23(33)34)25(37)27-13-22(32)29-20-7-5-4-6-16(20)10-21(29)26(38)28-17(14-30)11-24(35)36/h4-7,14-15,17,19,21H,3,8-13H2,1-2H3,(H,27,37)(H,28,38)(H,33,34)(H,35,36)/t15-,17?,19-,21-/m0/s1. The van der Waals surface area contributed by atoms with Crippen LogP contribution >= 0.6 is 0 Å². The summed E-state index contributed by atoms with van der Waals surface area (Å²) in [5, 5.41) is 22.6. The second-order valence-electron chi connectivity index (χ2n) is 9.31. The number of carboxylic acids is 2. The molecule has 0 aliphatic carbocycles. The zero-order valence-corrected chi connectivity index (χ0v) is 21.3. The molecule has 3 amide bonds. The summed E-state index contributed by atoms with van der Waals surface area (Å²) < 4.78 is 0. The molecule has 1 aromatic carbocycles. The lowest BCUT2D eigenvalue weighted by Crippen LogP contribution is -2.53. The number of rotatable bonds is 15. The smallest absolute Gasteiger partial charge is 0.305 e. The van der Waals surface area contributed by atoms with Crippen LogP contribution < -0.4 is 15.5 Å². The molecule has 0 aromatic heterocycles. The number of benzene rings is 1. The number of Topliss-reactive ketones (excluding diaryl/α,β-unsaturated/α-hetero) is 1. The number of fused-ring (bicyclic) bond motifs is 1. The Labute approximate surface area is 219 Å². The predicted octanol–water partition coefficient (Wildman–Crippen LogP) is 0.705. The van der Waals surface area contributed by atoms with Gasteiger partial charge >= 0.3 is 11.9 Å². The van der Waals surface area contributed by atoms with Crippen LogP contribution in [-0.2, 0) is 40.0 Å². The number of amides is 3. The van der Waals surface area contributed by atoms with Crippen molar-refractivity contribution in [2.24, 2.45) is 11.8 Å². The zero-order chi connectivity index (χ0) is 28.4. The number of hydrogen-bond acceptors (Lipinski definition) is 7. The summed E-state index contributed by atoms with van der Waals surface area (Å²) in [4.78, 5) is 85.6. The Kier molecular flexibility index (Phi) is 11.1. The number of hydrogen-bond donors (Lipinski definition) is 4. The van der Waals surface area contributed by atoms with E-state index in [1.807, 2.05) is 6.92 Å². The molecule has 0 radical (unpaired) electrons. The van der Waals surface area contributed by atoms with Crippen molar-refractivity contribution < 1.29 is 43.8 Å². The summed E-state index contributed by atoms with van der Waals surface area (Å²) in [6, 6.07) is 4.46. The Morgan fingerprint density at radius 1 is 1.05 bits per heavy atom. The van der Waals surface area contributed by atoms with Gasteiger partial charge in [0, 0.05) is 30.9 Å². The van der Waals surface area contributed by atoms with E-state index in [1.54, 1.807) is 31.2 Å². The number of carbonyl (C=O) groups is 7. The highest BCUT2D eigenvalue weighted by atomic mass is 16.4. The molecule has 1 unspecified atom stereocenters. The average molecular weight is 532 g/mol. The molecule has 1 heterocycles. The van der Waals surface area contributed by atoms with Gasteiger partial charge in [0.2, 0.25) is 17.7 Å². The van der Waals surface area contributed by atoms with E-state index in [1.165, 1.54) is 4.90 Å². The van der Waals surface area contributed by atoms with Gasteiger partial charge in [0.25, 0.3) is 0 Å². The van der Waals surface area contributed by atoms with Crippen LogP contribution in [0.1, 0.15) is 51.5 Å². The van der Waals surface area contributed by atoms with Crippen molar-refractivity contribution in [1.82, 2.24) is 10.6 Å². The van der Waals surface area contributed by atoms with Gasteiger partial charge in [-0.05, 0) is 17.5 Å². The molecule has 1 aromatic rings. The molecule has 206 valence electrons. The number of nitrogens with one attached hydrogen (secondary N) is 2. The van der Waals surface area contributed by atoms with Crippen LogP contribution in [0.15, 0.2) is 24.3 Å². The van der Waals surface area contributed by atoms with Gasteiger partial charge in [-0.3, -0.25) is 33.7 Å². The number of carboxylic acid groups (broad SMARTS) is 2. The topological polar surface area (TPSA) is 187 Å². The molecule has 1 aliphatic rings. The molecule has 0 fully saturated rings. The SMILES string of the molecule is CC[C@H](C)[C@H](CC(=O)CCC(=O)O)C(=O)NCC(=O)N1c2ccccc2C[C@H]1C(=O)NC(C=O)CC(=O)O. The first kappa shape index (κ1) is 30.1. The van der Waals surface area contributed by atoms with E-state index in [2.05, 4.69) is 10.6 Å². The molecule has 0 saturated carbocycles. The monoisotopic (exact) mass is 531 g/mol. The summed E-state index contributed by atoms with van der Waals surface area (Å²) in [6.45, 7) is 3.16. The normalized spacial score (nSPS) is 16.5. The highest BCUT2D eigenvalue weighted by Crippen LogP contribution is 2.32. The second kappa shape index (κ2) is 14.0. The minimum atomic E-state index is -1.27. The Morgan fingerprint density at radius 3 is 2.34 bits per heavy atom. The fourth-order valence-corrected chi connectivity index (χ4v) is 4.31. The van der Waals surface area contributed by atoms with E-state index >= 15 is 0 Å². The predicted molar refractivity (Wildman–Crippen MR) is 134 cm³/mol. The van der Waals surface area contributed by atoms with Gasteiger partial charge in [0.15, 0.2) is 0 Å². The lowest BCUT2D eigenvalue weighted by molar-refractivity contribution is -0.139. The van der Waals surface area contributed by atoms with Crippen LogP contribution in [-0.4, -0.2) is 70.6 Å². The summed E-state index contributed by atoms with van der Waals surface area (Å²) in [5.74, 6) is -5.57. The summed E-state index contributed by atoms with van der Waals surface area (Å²) in [6.07, 6.45) is -0.270. The number of anilines is 1. The van der Waals surface area contributed by atoms with Gasteiger partial charge in [0.05, 0.1) is 25.4 Å². The molecule has 38 heavy (non-hydrogen) atoms. The molecule has 4 N–H and O–H groups in total. The van der Waals surface area contributed by atoms with Gasteiger partial charge in [-0.25, -0.2) is 0 Å². The second-order valence-corrected chi connectivity index (χ2v) is 9.31. The van der Waals surface area contributed by atoms with E-state index in [0.29, 0.717) is 24.0 Å². The van der Waals surface area contributed by atoms with Gasteiger partial charge in [0.1, 0.15) is 18.1 Å². The van der Waals surface area contributed by atoms with Crippen molar-refractivity contribution in [2.45, 2.75) is 64.5 Å². The van der Waals surface area contributed by atoms with Gasteiger partial charge in [-0.2, -0.15) is 0 Å². The van der Waals surface area contributed by atoms with E-state index in [0.717, 1.165) is 0 Å². The molecule has 1 aliphatic heterocycles. The fourth-order valence-electron chi connectivity index (χ4n) is 4.31. The van der Waals surface area contributed by atoms with Gasteiger partial charge in [-0.1, -0.05) is 38.5 Å². The van der Waals surface area contributed by atoms with Crippen molar-refractivity contribution in [3.63, 3.8) is 0 Å². The molecule has 12 heteroatoms. The maximum absolute atomic E-state index is 13.3. The fraction of sp³-hybridized carbons (Fsp3) is 0.500. The average Bonchev–Trinajstić information content (AvgIpc) is 3.27. The van der Waals surface area contributed by atoms with Crippen LogP contribution in [0, 0.1) is 11.8 Å². The van der Waals surface area contributed by atoms with Crippen molar-refractivity contribution in [2.75, 3.05) is 11.4 Å². The number of aldehydes is 1. The number of ketones is 1. The first-order valence-electron chi connectivity index (χ1n) is 12.4. The third kappa shape index (κ3) is 8.22. The minimum Gasteiger partial charge on any atom is -0.481 e. The molecule has 0 bridgehead atoms. The molecular formula is C26H33N3O9. The maximum Gasteiger partial charge on any atom is 0.305 e. The molecule has 2 rings (SSSR count). The lowest BCUT2D eigenvalue weighted by Gasteiger charge is -2.27. The van der Waals surface area contributed by atoms with E-state index < -0.39 is 60.6 Å². The van der Waals surface area contributed by atoms with Crippen LogP contribution in [0.4, 0.5) is 5.69 Å². The third-order valence-electron chi connectivity index (χ3n) is 6.58. The van der Waals surface area contributed by atoms with Crippen molar-refractivity contribution in [3.8, 4) is 0 Å². The zero-order valence-electron chi connectivity index (χ0n) is 21.3. The maximum atomic E-state index is 13.3. The Balaban J connectivity index is 2.14. The summed E-state index contributed by atoms with van der Waals surface area (Å²) >= 11 is 0. The summed E-state index contributed by atoms with van der Waals surface area (Å²) in [5.41, 5.74) is 1.14. The summed E-state index contributed by atoms with van der Waals surface area (Å²) in [7, 11) is 0. The number of aliphatic carboxylic acids is 2. The van der Waals surface area contributed by atoms with Crippen molar-refractivity contribution >= 4 is 47.4 Å². The van der Waals surface area contributed by atoms with Crippen LogP contribution in [0.3, 0.4) is 0 Å². The number of carbonyl (C=O) groups excluding carboxylic acids is 5. The van der Waals surface area contributed by atoms with E-state index in [-0.39, 0.29) is 37.4 Å². The largest absolute Gasteiger partial charge is 0.481 e. The highest BCUT2D eigenvalue weighted by Gasteiger charge is 2.39. The first-order chi connectivity index (χ1) is 18.0.